The SMILES string of the molecule is CCc1nc(=S)cc(-c2cncc(C)c2)[nH]1. The number of nitrogens with one attached hydrogen (secondary N) is 1. The maximum Gasteiger partial charge on any atom is 0.130 e. The average Bonchev–Trinajstić information content (AvgIpc) is 2.28. The van der Waals surface area contributed by atoms with Crippen molar-refractivity contribution in [1.29, 1.82) is 0 Å². The Morgan fingerprint density at radius 3 is 2.81 bits per heavy atom. The van der Waals surface area contributed by atoms with Gasteiger partial charge in [-0.1, -0.05) is 19.1 Å². The lowest BCUT2D eigenvalue weighted by Gasteiger charge is -2.04. The molecular weight excluding hydrogens is 218 g/mol. The Hall–Kier alpha value is -1.55. The normalized spacial score (nSPS) is 10.4. The molecule has 0 saturated carbocycles. The summed E-state index contributed by atoms with van der Waals surface area (Å²) >= 11 is 5.13. The second-order valence-electron chi connectivity index (χ2n) is 3.68. The van der Waals surface area contributed by atoms with Crippen LogP contribution in [0.1, 0.15) is 18.3 Å². The lowest BCUT2D eigenvalue weighted by atomic mass is 10.1. The van der Waals surface area contributed by atoms with Crippen LogP contribution < -0.4 is 0 Å². The van der Waals surface area contributed by atoms with Crippen molar-refractivity contribution >= 4 is 12.2 Å². The quantitative estimate of drug-likeness (QED) is 0.808. The molecule has 0 amide bonds. The Balaban J connectivity index is 2.55. The Morgan fingerprint density at radius 1 is 1.31 bits per heavy atom. The van der Waals surface area contributed by atoms with E-state index in [1.165, 1.54) is 0 Å². The Morgan fingerprint density at radius 2 is 2.12 bits per heavy atom. The van der Waals surface area contributed by atoms with E-state index in [2.05, 4.69) is 21.0 Å². The first-order chi connectivity index (χ1) is 7.69. The number of H-pyrrole nitrogens is 1. The van der Waals surface area contributed by atoms with Gasteiger partial charge in [-0.25, -0.2) is 4.98 Å². The van der Waals surface area contributed by atoms with Crippen molar-refractivity contribution in [2.45, 2.75) is 20.3 Å². The number of aryl methyl sites for hydroxylation is 2. The largest absolute Gasteiger partial charge is 0.343 e. The molecule has 0 saturated heterocycles. The van der Waals surface area contributed by atoms with Crippen LogP contribution in [-0.4, -0.2) is 15.0 Å². The van der Waals surface area contributed by atoms with Gasteiger partial charge >= 0.3 is 0 Å². The number of aromatic amines is 1. The van der Waals surface area contributed by atoms with Crippen molar-refractivity contribution in [3.8, 4) is 11.3 Å². The van der Waals surface area contributed by atoms with Crippen LogP contribution in [0.4, 0.5) is 0 Å². The summed E-state index contributed by atoms with van der Waals surface area (Å²) in [5.74, 6) is 0.906. The predicted octanol–water partition coefficient (Wildman–Crippen LogP) is 3.07. The molecule has 0 fully saturated rings. The predicted molar refractivity (Wildman–Crippen MR) is 66.8 cm³/mol. The summed E-state index contributed by atoms with van der Waals surface area (Å²) in [5.41, 5.74) is 3.16. The van der Waals surface area contributed by atoms with E-state index < -0.39 is 0 Å². The minimum Gasteiger partial charge on any atom is -0.343 e. The number of hydrogen-bond donors (Lipinski definition) is 1. The monoisotopic (exact) mass is 231 g/mol. The van der Waals surface area contributed by atoms with Crippen LogP contribution in [0.15, 0.2) is 24.5 Å². The molecule has 0 spiro atoms. The molecule has 1 N–H and O–H groups in total. The van der Waals surface area contributed by atoms with Crippen LogP contribution in [0, 0.1) is 11.6 Å². The summed E-state index contributed by atoms with van der Waals surface area (Å²) in [7, 11) is 0. The van der Waals surface area contributed by atoms with E-state index >= 15 is 0 Å². The molecule has 2 aromatic heterocycles. The molecule has 0 aliphatic carbocycles. The molecular formula is C12H13N3S. The van der Waals surface area contributed by atoms with Crippen molar-refractivity contribution in [2.24, 2.45) is 0 Å². The van der Waals surface area contributed by atoms with Gasteiger partial charge in [-0.2, -0.15) is 0 Å². The molecule has 2 rings (SSSR count). The highest BCUT2D eigenvalue weighted by Crippen LogP contribution is 2.16. The topological polar surface area (TPSA) is 41.6 Å². The third-order valence-corrected chi connectivity index (χ3v) is 2.52. The molecule has 16 heavy (non-hydrogen) atoms. The zero-order valence-corrected chi connectivity index (χ0v) is 10.1. The Kier molecular flexibility index (Phi) is 3.10. The standard InChI is InChI=1S/C12H13N3S/c1-3-11-14-10(5-12(16)15-11)9-4-8(2)6-13-7-9/h4-7H,3H2,1-2H3,(H,14,15,16). The summed E-state index contributed by atoms with van der Waals surface area (Å²) in [4.78, 5) is 11.7. The molecule has 0 unspecified atom stereocenters. The van der Waals surface area contributed by atoms with Gasteiger partial charge in [-0.15, -0.1) is 0 Å². The zero-order valence-electron chi connectivity index (χ0n) is 9.32. The van der Waals surface area contributed by atoms with Crippen LogP contribution in [0.5, 0.6) is 0 Å². The third-order valence-electron chi connectivity index (χ3n) is 2.31. The Labute approximate surface area is 99.6 Å². The lowest BCUT2D eigenvalue weighted by Crippen LogP contribution is -1.95. The highest BCUT2D eigenvalue weighted by atomic mass is 32.1. The van der Waals surface area contributed by atoms with Crippen molar-refractivity contribution in [3.05, 3.63) is 40.6 Å². The van der Waals surface area contributed by atoms with Crippen LogP contribution in [0.3, 0.4) is 0 Å². The van der Waals surface area contributed by atoms with Gasteiger partial charge in [0.15, 0.2) is 0 Å². The summed E-state index contributed by atoms with van der Waals surface area (Å²) in [6, 6.07) is 3.94. The molecule has 82 valence electrons. The second-order valence-corrected chi connectivity index (χ2v) is 4.10. The Bertz CT molecular complexity index is 560. The van der Waals surface area contributed by atoms with Crippen LogP contribution in [0.2, 0.25) is 0 Å². The summed E-state index contributed by atoms with van der Waals surface area (Å²) in [5, 5.41) is 0. The van der Waals surface area contributed by atoms with Gasteiger partial charge in [0.25, 0.3) is 0 Å². The second kappa shape index (κ2) is 4.53. The van der Waals surface area contributed by atoms with Crippen molar-refractivity contribution in [3.63, 3.8) is 0 Å². The first-order valence-electron chi connectivity index (χ1n) is 5.21. The van der Waals surface area contributed by atoms with Crippen LogP contribution >= 0.6 is 12.2 Å². The molecule has 4 heteroatoms. The highest BCUT2D eigenvalue weighted by molar-refractivity contribution is 7.71. The van der Waals surface area contributed by atoms with E-state index in [9.17, 15) is 0 Å². The number of rotatable bonds is 2. The molecule has 0 atom stereocenters. The molecule has 0 radical (unpaired) electrons. The number of hydrogen-bond acceptors (Lipinski definition) is 3. The maximum absolute atomic E-state index is 5.13. The van der Waals surface area contributed by atoms with E-state index in [1.54, 1.807) is 0 Å². The van der Waals surface area contributed by atoms with E-state index in [0.29, 0.717) is 4.64 Å². The molecule has 0 aliphatic heterocycles. The fraction of sp³-hybridized carbons (Fsp3) is 0.250. The number of aromatic nitrogens is 3. The van der Waals surface area contributed by atoms with Gasteiger partial charge < -0.3 is 4.98 Å². The zero-order chi connectivity index (χ0) is 11.5. The number of pyridine rings is 1. The van der Waals surface area contributed by atoms with E-state index in [-0.39, 0.29) is 0 Å². The first kappa shape index (κ1) is 11.0. The van der Waals surface area contributed by atoms with Gasteiger partial charge in [0.1, 0.15) is 10.5 Å². The van der Waals surface area contributed by atoms with Crippen molar-refractivity contribution < 1.29 is 0 Å². The highest BCUT2D eigenvalue weighted by Gasteiger charge is 2.01. The molecule has 0 aliphatic rings. The summed E-state index contributed by atoms with van der Waals surface area (Å²) in [6.07, 6.45) is 4.50. The lowest BCUT2D eigenvalue weighted by molar-refractivity contribution is 0.936. The van der Waals surface area contributed by atoms with Crippen molar-refractivity contribution in [2.75, 3.05) is 0 Å². The van der Waals surface area contributed by atoms with Gasteiger partial charge in [0.2, 0.25) is 0 Å². The van der Waals surface area contributed by atoms with Gasteiger partial charge in [0, 0.05) is 24.4 Å². The van der Waals surface area contributed by atoms with Gasteiger partial charge in [0.05, 0.1) is 5.69 Å². The fourth-order valence-corrected chi connectivity index (χ4v) is 1.76. The minimum absolute atomic E-state index is 0.618. The average molecular weight is 231 g/mol. The first-order valence-corrected chi connectivity index (χ1v) is 5.62. The van der Waals surface area contributed by atoms with Gasteiger partial charge in [-0.3, -0.25) is 4.98 Å². The summed E-state index contributed by atoms with van der Waals surface area (Å²) < 4.78 is 0.618. The molecule has 0 aromatic carbocycles. The van der Waals surface area contributed by atoms with Crippen LogP contribution in [-0.2, 0) is 6.42 Å². The molecule has 0 bridgehead atoms. The van der Waals surface area contributed by atoms with Crippen LogP contribution in [0.25, 0.3) is 11.3 Å². The molecule has 2 aromatic rings. The fourth-order valence-electron chi connectivity index (χ4n) is 1.53. The minimum atomic E-state index is 0.618. The summed E-state index contributed by atoms with van der Waals surface area (Å²) in [6.45, 7) is 4.07. The van der Waals surface area contributed by atoms with Crippen molar-refractivity contribution in [1.82, 2.24) is 15.0 Å². The van der Waals surface area contributed by atoms with Gasteiger partial charge in [-0.05, 0) is 24.6 Å². The smallest absolute Gasteiger partial charge is 0.130 e. The van der Waals surface area contributed by atoms with E-state index in [4.69, 9.17) is 12.2 Å². The van der Waals surface area contributed by atoms with E-state index in [0.717, 1.165) is 29.1 Å². The molecule has 2 heterocycles. The number of nitrogens with zero attached hydrogens (tertiary/aromatic N) is 2. The molecule has 3 nitrogen and oxygen atoms in total. The third kappa shape index (κ3) is 2.33. The maximum atomic E-state index is 5.13. The van der Waals surface area contributed by atoms with E-state index in [1.807, 2.05) is 32.3 Å².